The first-order valence-corrected chi connectivity index (χ1v) is 7.89. The van der Waals surface area contributed by atoms with E-state index < -0.39 is 0 Å². The van der Waals surface area contributed by atoms with Crippen molar-refractivity contribution in [2.24, 2.45) is 11.8 Å². The van der Waals surface area contributed by atoms with Gasteiger partial charge in [-0.25, -0.2) is 0 Å². The first kappa shape index (κ1) is 14.4. The number of para-hydroxylation sites is 1. The van der Waals surface area contributed by atoms with E-state index in [1.54, 1.807) is 0 Å². The molecule has 21 heavy (non-hydrogen) atoms. The van der Waals surface area contributed by atoms with E-state index in [1.165, 1.54) is 0 Å². The molecule has 0 aromatic heterocycles. The van der Waals surface area contributed by atoms with Crippen LogP contribution in [0.5, 0.6) is 5.75 Å². The van der Waals surface area contributed by atoms with Crippen molar-refractivity contribution >= 4 is 5.91 Å². The first-order chi connectivity index (χ1) is 10.2. The van der Waals surface area contributed by atoms with E-state index in [9.17, 15) is 9.90 Å². The molecular formula is C17H23NO3. The van der Waals surface area contributed by atoms with Gasteiger partial charge in [0.25, 0.3) is 0 Å². The standard InChI is InChI=1S/C17H23NO3/c19-15-6-3-4-12(8-15)10-18-17(20)14-9-13-5-1-2-7-16(13)21-11-14/h1-2,5,7,12,14-15,19H,3-4,6,8-11H2,(H,18,20). The van der Waals surface area contributed by atoms with Crippen molar-refractivity contribution in [2.45, 2.75) is 38.2 Å². The van der Waals surface area contributed by atoms with Crippen LogP contribution in [0.1, 0.15) is 31.2 Å². The van der Waals surface area contributed by atoms with Crippen LogP contribution in [0.4, 0.5) is 0 Å². The predicted molar refractivity (Wildman–Crippen MR) is 80.1 cm³/mol. The van der Waals surface area contributed by atoms with Gasteiger partial charge in [0, 0.05) is 6.54 Å². The van der Waals surface area contributed by atoms with E-state index in [0.717, 1.165) is 43.4 Å². The fourth-order valence-corrected chi connectivity index (χ4v) is 3.33. The predicted octanol–water partition coefficient (Wildman–Crippen LogP) is 1.90. The van der Waals surface area contributed by atoms with Gasteiger partial charge < -0.3 is 15.2 Å². The number of aliphatic hydroxyl groups is 1. The van der Waals surface area contributed by atoms with E-state index in [-0.39, 0.29) is 17.9 Å². The maximum Gasteiger partial charge on any atom is 0.226 e. The molecule has 2 aliphatic rings. The van der Waals surface area contributed by atoms with Crippen LogP contribution in [0, 0.1) is 11.8 Å². The molecule has 4 nitrogen and oxygen atoms in total. The highest BCUT2D eigenvalue weighted by atomic mass is 16.5. The summed E-state index contributed by atoms with van der Waals surface area (Å²) in [4.78, 5) is 12.3. The Balaban J connectivity index is 1.50. The molecule has 1 aliphatic heterocycles. The smallest absolute Gasteiger partial charge is 0.226 e. The van der Waals surface area contributed by atoms with Gasteiger partial charge >= 0.3 is 0 Å². The Bertz CT molecular complexity index is 503. The van der Waals surface area contributed by atoms with Crippen molar-refractivity contribution in [1.29, 1.82) is 0 Å². The van der Waals surface area contributed by atoms with Gasteiger partial charge in [-0.05, 0) is 43.2 Å². The van der Waals surface area contributed by atoms with Crippen molar-refractivity contribution in [3.05, 3.63) is 29.8 Å². The molecule has 1 heterocycles. The van der Waals surface area contributed by atoms with E-state index >= 15 is 0 Å². The minimum Gasteiger partial charge on any atom is -0.492 e. The third kappa shape index (κ3) is 3.56. The molecule has 3 rings (SSSR count). The lowest BCUT2D eigenvalue weighted by Gasteiger charge is -2.28. The van der Waals surface area contributed by atoms with Crippen molar-refractivity contribution in [3.63, 3.8) is 0 Å². The minimum absolute atomic E-state index is 0.0737. The summed E-state index contributed by atoms with van der Waals surface area (Å²) in [6.45, 7) is 1.13. The second-order valence-electron chi connectivity index (χ2n) is 6.25. The molecule has 3 atom stereocenters. The second-order valence-corrected chi connectivity index (χ2v) is 6.25. The zero-order valence-corrected chi connectivity index (χ0v) is 12.3. The van der Waals surface area contributed by atoms with Crippen LogP contribution in [0.3, 0.4) is 0 Å². The summed E-state index contributed by atoms with van der Waals surface area (Å²) in [5, 5.41) is 12.7. The molecule has 0 radical (unpaired) electrons. The summed E-state index contributed by atoms with van der Waals surface area (Å²) in [5.74, 6) is 1.28. The number of nitrogens with one attached hydrogen (secondary N) is 1. The van der Waals surface area contributed by atoms with Gasteiger partial charge in [0.15, 0.2) is 0 Å². The molecule has 1 fully saturated rings. The molecule has 114 valence electrons. The molecule has 2 N–H and O–H groups in total. The lowest BCUT2D eigenvalue weighted by molar-refractivity contribution is -0.126. The Kier molecular flexibility index (Phi) is 4.44. The molecule has 0 saturated heterocycles. The van der Waals surface area contributed by atoms with Gasteiger partial charge in [0.1, 0.15) is 12.4 Å². The third-order valence-electron chi connectivity index (χ3n) is 4.57. The van der Waals surface area contributed by atoms with E-state index in [1.807, 2.05) is 24.3 Å². The summed E-state index contributed by atoms with van der Waals surface area (Å²) in [6, 6.07) is 7.90. The quantitative estimate of drug-likeness (QED) is 0.893. The maximum absolute atomic E-state index is 12.3. The van der Waals surface area contributed by atoms with Gasteiger partial charge in [-0.15, -0.1) is 0 Å². The molecule has 1 aliphatic carbocycles. The Morgan fingerprint density at radius 3 is 3.05 bits per heavy atom. The van der Waals surface area contributed by atoms with Crippen LogP contribution in [-0.4, -0.2) is 30.3 Å². The fourth-order valence-electron chi connectivity index (χ4n) is 3.33. The lowest BCUT2D eigenvalue weighted by Crippen LogP contribution is -2.40. The SMILES string of the molecule is O=C(NCC1CCCC(O)C1)C1COc2ccccc2C1. The zero-order chi connectivity index (χ0) is 14.7. The van der Waals surface area contributed by atoms with Crippen molar-refractivity contribution in [2.75, 3.05) is 13.2 Å². The van der Waals surface area contributed by atoms with Crippen molar-refractivity contribution < 1.29 is 14.6 Å². The van der Waals surface area contributed by atoms with Gasteiger partial charge in [-0.2, -0.15) is 0 Å². The first-order valence-electron chi connectivity index (χ1n) is 7.89. The highest BCUT2D eigenvalue weighted by Crippen LogP contribution is 2.27. The second kappa shape index (κ2) is 6.48. The van der Waals surface area contributed by atoms with Crippen molar-refractivity contribution in [3.8, 4) is 5.75 Å². The number of carbonyl (C=O) groups is 1. The molecule has 0 bridgehead atoms. The van der Waals surface area contributed by atoms with Gasteiger partial charge in [-0.3, -0.25) is 4.79 Å². The summed E-state index contributed by atoms with van der Waals surface area (Å²) in [7, 11) is 0. The summed E-state index contributed by atoms with van der Waals surface area (Å²) in [5.41, 5.74) is 1.11. The molecule has 4 heteroatoms. The lowest BCUT2D eigenvalue weighted by atomic mass is 9.87. The van der Waals surface area contributed by atoms with Crippen molar-refractivity contribution in [1.82, 2.24) is 5.32 Å². The third-order valence-corrected chi connectivity index (χ3v) is 4.57. The number of amides is 1. The molecule has 0 spiro atoms. The van der Waals surface area contributed by atoms with Crippen LogP contribution in [-0.2, 0) is 11.2 Å². The van der Waals surface area contributed by atoms with Crippen LogP contribution >= 0.6 is 0 Å². The minimum atomic E-state index is -0.189. The average molecular weight is 289 g/mol. The van der Waals surface area contributed by atoms with E-state index in [2.05, 4.69) is 5.32 Å². The average Bonchev–Trinajstić information content (AvgIpc) is 2.52. The molecular weight excluding hydrogens is 266 g/mol. The molecule has 1 aromatic carbocycles. The maximum atomic E-state index is 12.3. The van der Waals surface area contributed by atoms with Crippen LogP contribution in [0.15, 0.2) is 24.3 Å². The Labute approximate surface area is 125 Å². The number of ether oxygens (including phenoxy) is 1. The summed E-state index contributed by atoms with van der Waals surface area (Å²) >= 11 is 0. The molecule has 1 amide bonds. The zero-order valence-electron chi connectivity index (χ0n) is 12.3. The summed E-state index contributed by atoms with van der Waals surface area (Å²) < 4.78 is 5.67. The largest absolute Gasteiger partial charge is 0.492 e. The molecule has 1 saturated carbocycles. The molecule has 1 aromatic rings. The molecule has 3 unspecified atom stereocenters. The number of aliphatic hydroxyl groups excluding tert-OH is 1. The number of rotatable bonds is 3. The van der Waals surface area contributed by atoms with E-state index in [0.29, 0.717) is 19.1 Å². The Hall–Kier alpha value is -1.55. The van der Waals surface area contributed by atoms with Gasteiger partial charge in [0.2, 0.25) is 5.91 Å². The topological polar surface area (TPSA) is 58.6 Å². The summed E-state index contributed by atoms with van der Waals surface area (Å²) in [6.07, 6.45) is 4.42. The van der Waals surface area contributed by atoms with E-state index in [4.69, 9.17) is 4.74 Å². The van der Waals surface area contributed by atoms with Crippen LogP contribution in [0.25, 0.3) is 0 Å². The highest BCUT2D eigenvalue weighted by molar-refractivity contribution is 5.79. The monoisotopic (exact) mass is 289 g/mol. The Morgan fingerprint density at radius 1 is 1.33 bits per heavy atom. The number of hydrogen-bond acceptors (Lipinski definition) is 3. The van der Waals surface area contributed by atoms with Crippen LogP contribution in [0.2, 0.25) is 0 Å². The highest BCUT2D eigenvalue weighted by Gasteiger charge is 2.27. The Morgan fingerprint density at radius 2 is 2.19 bits per heavy atom. The normalized spacial score (nSPS) is 28.3. The van der Waals surface area contributed by atoms with Crippen LogP contribution < -0.4 is 10.1 Å². The number of hydrogen-bond donors (Lipinski definition) is 2. The van der Waals surface area contributed by atoms with Gasteiger partial charge in [-0.1, -0.05) is 24.6 Å². The number of fused-ring (bicyclic) bond motifs is 1. The van der Waals surface area contributed by atoms with Gasteiger partial charge in [0.05, 0.1) is 12.0 Å². The fraction of sp³-hybridized carbons (Fsp3) is 0.588. The number of benzene rings is 1. The number of carbonyl (C=O) groups excluding carboxylic acids is 1.